The molecule has 158 valence electrons. The molecule has 0 radical (unpaired) electrons. The number of carbonyl (C=O) groups excluding carboxylic acids is 2. The number of benzene rings is 2. The lowest BCUT2D eigenvalue weighted by Gasteiger charge is -2.21. The maximum Gasteiger partial charge on any atom is 0.248 e. The van der Waals surface area contributed by atoms with E-state index in [9.17, 15) is 14.2 Å². The maximum absolute atomic E-state index is 14.6. The number of allylic oxidation sites excluding steroid dienone is 5. The fraction of sp³-hybridized carbons (Fsp3) is 0.222. The molecule has 1 unspecified atom stereocenters. The van der Waals surface area contributed by atoms with Crippen LogP contribution >= 0.6 is 7.14 Å². The zero-order valence-corrected chi connectivity index (χ0v) is 19.8. The van der Waals surface area contributed by atoms with Crippen LogP contribution in [0.4, 0.5) is 0 Å². The first-order valence-electron chi connectivity index (χ1n) is 10.2. The summed E-state index contributed by atoms with van der Waals surface area (Å²) in [6.07, 6.45) is 3.56. The minimum atomic E-state index is -4.16. The Labute approximate surface area is 184 Å². The van der Waals surface area contributed by atoms with Crippen LogP contribution in [0.5, 0.6) is 0 Å². The van der Waals surface area contributed by atoms with Gasteiger partial charge in [0.05, 0.1) is 0 Å². The van der Waals surface area contributed by atoms with Gasteiger partial charge in [-0.3, -0.25) is 9.59 Å². The molecule has 0 bridgehead atoms. The molecule has 1 aliphatic rings. The lowest BCUT2D eigenvalue weighted by Crippen LogP contribution is -2.23. The molecular weight excluding hydrogens is 403 g/mol. The van der Waals surface area contributed by atoms with Gasteiger partial charge in [-0.2, -0.15) is 0 Å². The van der Waals surface area contributed by atoms with Gasteiger partial charge in [-0.15, -0.1) is 5.73 Å². The Balaban J connectivity index is 2.30. The van der Waals surface area contributed by atoms with Crippen molar-refractivity contribution in [3.05, 3.63) is 105 Å². The average molecular weight is 430 g/mol. The van der Waals surface area contributed by atoms with Crippen molar-refractivity contribution >= 4 is 23.5 Å². The minimum Gasteiger partial charge on any atom is -0.302 e. The molecule has 0 fully saturated rings. The Morgan fingerprint density at radius 3 is 2.00 bits per heavy atom. The van der Waals surface area contributed by atoms with Crippen LogP contribution < -0.4 is 5.30 Å². The Morgan fingerprint density at radius 2 is 1.42 bits per heavy atom. The summed E-state index contributed by atoms with van der Waals surface area (Å²) in [6.45, 7) is 11.1. The highest BCUT2D eigenvalue weighted by Crippen LogP contribution is 2.53. The summed E-state index contributed by atoms with van der Waals surface area (Å²) in [5, 5.41) is 0.260. The van der Waals surface area contributed by atoms with Crippen molar-refractivity contribution in [3.8, 4) is 0 Å². The summed E-state index contributed by atoms with van der Waals surface area (Å²) in [5.41, 5.74) is 7.24. The van der Waals surface area contributed by atoms with E-state index in [1.807, 2.05) is 52.8 Å². The lowest BCUT2D eigenvalue weighted by molar-refractivity contribution is -0.108. The predicted molar refractivity (Wildman–Crippen MR) is 127 cm³/mol. The number of rotatable bonds is 5. The zero-order chi connectivity index (χ0) is 22.9. The van der Waals surface area contributed by atoms with Crippen LogP contribution in [-0.2, 0) is 9.36 Å². The number of hydrogen-bond acceptors (Lipinski definition) is 3. The van der Waals surface area contributed by atoms with Crippen LogP contribution in [0.15, 0.2) is 82.6 Å². The quantitative estimate of drug-likeness (QED) is 0.411. The monoisotopic (exact) mass is 430 g/mol. The van der Waals surface area contributed by atoms with Gasteiger partial charge in [0.2, 0.25) is 18.2 Å². The smallest absolute Gasteiger partial charge is 0.248 e. The van der Waals surface area contributed by atoms with Gasteiger partial charge in [-0.25, -0.2) is 0 Å². The summed E-state index contributed by atoms with van der Waals surface area (Å²) in [5.74, 6) is 0. The van der Waals surface area contributed by atoms with Crippen LogP contribution in [0.25, 0.3) is 0 Å². The second kappa shape index (κ2) is 8.63. The van der Waals surface area contributed by atoms with E-state index in [4.69, 9.17) is 0 Å². The van der Waals surface area contributed by atoms with E-state index in [2.05, 4.69) is 5.73 Å². The van der Waals surface area contributed by atoms with E-state index in [0.717, 1.165) is 22.3 Å². The molecule has 1 aliphatic carbocycles. The molecule has 2 aromatic carbocycles. The molecule has 0 amide bonds. The fourth-order valence-corrected chi connectivity index (χ4v) is 6.76. The van der Waals surface area contributed by atoms with Gasteiger partial charge in [0.15, 0.2) is 0 Å². The summed E-state index contributed by atoms with van der Waals surface area (Å²) in [4.78, 5) is 27.9. The van der Waals surface area contributed by atoms with Crippen LogP contribution in [-0.4, -0.2) is 11.0 Å². The van der Waals surface area contributed by atoms with Crippen molar-refractivity contribution in [2.45, 2.75) is 41.5 Å². The Kier molecular flexibility index (Phi) is 6.32. The molecule has 0 saturated heterocycles. The maximum atomic E-state index is 14.6. The molecule has 0 spiro atoms. The molecular formula is C27H27O3P. The van der Waals surface area contributed by atoms with Crippen molar-refractivity contribution in [2.75, 3.05) is 0 Å². The second-order valence-corrected chi connectivity index (χ2v) is 10.7. The highest BCUT2D eigenvalue weighted by molar-refractivity contribution is 8.01. The first-order valence-corrected chi connectivity index (χ1v) is 11.9. The first-order chi connectivity index (χ1) is 14.6. The molecule has 0 saturated carbocycles. The molecule has 0 N–H and O–H groups in total. The van der Waals surface area contributed by atoms with Crippen molar-refractivity contribution in [1.29, 1.82) is 0 Å². The van der Waals surface area contributed by atoms with Gasteiger partial charge in [0.1, 0.15) is 0 Å². The zero-order valence-electron chi connectivity index (χ0n) is 18.9. The summed E-state index contributed by atoms with van der Waals surface area (Å²) < 4.78 is 14.6. The van der Waals surface area contributed by atoms with E-state index in [1.165, 1.54) is 0 Å². The van der Waals surface area contributed by atoms with E-state index in [-0.39, 0.29) is 5.30 Å². The molecule has 0 heterocycles. The van der Waals surface area contributed by atoms with Crippen molar-refractivity contribution in [3.63, 3.8) is 0 Å². The largest absolute Gasteiger partial charge is 0.302 e. The third kappa shape index (κ3) is 4.12. The van der Waals surface area contributed by atoms with Crippen LogP contribution in [0.2, 0.25) is 0 Å². The molecule has 0 aromatic heterocycles. The molecule has 3 nitrogen and oxygen atoms in total. The summed E-state index contributed by atoms with van der Waals surface area (Å²) in [7, 11) is -4.16. The molecule has 31 heavy (non-hydrogen) atoms. The average Bonchev–Trinajstić information content (AvgIpc) is 2.83. The summed E-state index contributed by atoms with van der Waals surface area (Å²) in [6, 6.07) is 12.2. The first kappa shape index (κ1) is 22.7. The third-order valence-corrected chi connectivity index (χ3v) is 8.15. The van der Waals surface area contributed by atoms with Gasteiger partial charge in [-0.1, -0.05) is 48.0 Å². The van der Waals surface area contributed by atoms with Crippen molar-refractivity contribution < 1.29 is 14.2 Å². The topological polar surface area (TPSA) is 51.2 Å². The van der Waals surface area contributed by atoms with Gasteiger partial charge < -0.3 is 4.57 Å². The third-order valence-electron chi connectivity index (χ3n) is 5.53. The highest BCUT2D eigenvalue weighted by Gasteiger charge is 2.45. The highest BCUT2D eigenvalue weighted by atomic mass is 31.2. The number of aryl methyl sites for hydroxylation is 3. The standard InChI is InChI=1S/C27H27O3P/c1-17-12-13-19(3)24(20(4)14-17)26(28)31(30,23-10-8-7-9-11-23)27(29)25-21(5)15-18(2)16-22(25)6/h7-11,13-16H,1-6H3. The summed E-state index contributed by atoms with van der Waals surface area (Å²) >= 11 is 0. The lowest BCUT2D eigenvalue weighted by atomic mass is 10.0. The van der Waals surface area contributed by atoms with Crippen LogP contribution in [0, 0.1) is 20.8 Å². The number of carbonyl (C=O) groups is 2. The van der Waals surface area contributed by atoms with E-state index in [0.29, 0.717) is 22.3 Å². The SMILES string of the molecule is CC1=C=CC(C)=C(C(=O)P(=O)(C(=O)c2c(C)cc(C)cc2C)c2ccccc2)C(C)=C1. The van der Waals surface area contributed by atoms with Crippen molar-refractivity contribution in [1.82, 2.24) is 0 Å². The van der Waals surface area contributed by atoms with E-state index < -0.39 is 18.2 Å². The van der Waals surface area contributed by atoms with Gasteiger partial charge in [0.25, 0.3) is 0 Å². The molecule has 4 heteroatoms. The van der Waals surface area contributed by atoms with Gasteiger partial charge in [-0.05, 0) is 81.5 Å². The predicted octanol–water partition coefficient (Wildman–Crippen LogP) is 6.35. The van der Waals surface area contributed by atoms with Crippen LogP contribution in [0.3, 0.4) is 0 Å². The minimum absolute atomic E-state index is 0.260. The second-order valence-electron chi connectivity index (χ2n) is 8.19. The van der Waals surface area contributed by atoms with E-state index >= 15 is 0 Å². The molecule has 3 rings (SSSR count). The molecule has 1 atom stereocenters. The number of hydrogen-bond donors (Lipinski definition) is 0. The molecule has 0 aliphatic heterocycles. The fourth-order valence-electron chi connectivity index (χ4n) is 4.18. The molecule has 2 aromatic rings. The van der Waals surface area contributed by atoms with E-state index in [1.54, 1.807) is 43.3 Å². The Morgan fingerprint density at radius 1 is 0.839 bits per heavy atom. The Bertz CT molecular complexity index is 1240. The van der Waals surface area contributed by atoms with Crippen molar-refractivity contribution in [2.24, 2.45) is 0 Å². The Hall–Kier alpha value is -2.99. The van der Waals surface area contributed by atoms with Gasteiger partial charge >= 0.3 is 0 Å². The van der Waals surface area contributed by atoms with Crippen LogP contribution in [0.1, 0.15) is 47.8 Å². The normalized spacial score (nSPS) is 15.7. The van der Waals surface area contributed by atoms with Gasteiger partial charge in [0, 0.05) is 16.4 Å².